The van der Waals surface area contributed by atoms with Gasteiger partial charge in [0.05, 0.1) is 5.52 Å². The topological polar surface area (TPSA) is 45.4 Å². The largest absolute Gasteiger partial charge is 0.326 e. The van der Waals surface area contributed by atoms with Gasteiger partial charge in [-0.1, -0.05) is 18.2 Å². The van der Waals surface area contributed by atoms with Gasteiger partial charge in [-0.25, -0.2) is 0 Å². The van der Waals surface area contributed by atoms with Crippen LogP contribution >= 0.6 is 0 Å². The van der Waals surface area contributed by atoms with Crippen LogP contribution in [0.25, 0.3) is 10.9 Å². The van der Waals surface area contributed by atoms with Gasteiger partial charge in [0.1, 0.15) is 0 Å². The molecule has 2 atom stereocenters. The van der Waals surface area contributed by atoms with Crippen molar-refractivity contribution in [2.75, 3.05) is 32.7 Å². The van der Waals surface area contributed by atoms with E-state index in [9.17, 15) is 0 Å². The number of aromatic nitrogens is 1. The maximum absolute atomic E-state index is 6.57. The molecule has 110 valence electrons. The molecule has 3 aliphatic rings. The number of benzene rings is 1. The van der Waals surface area contributed by atoms with Crippen molar-refractivity contribution < 1.29 is 0 Å². The second-order valence-electron chi connectivity index (χ2n) is 6.26. The summed E-state index contributed by atoms with van der Waals surface area (Å²) in [6.45, 7) is 5.90. The van der Waals surface area contributed by atoms with E-state index in [1.807, 2.05) is 12.3 Å². The lowest BCUT2D eigenvalue weighted by atomic mass is 9.94. The summed E-state index contributed by atoms with van der Waals surface area (Å²) in [5, 5.41) is 1.24. The fourth-order valence-corrected chi connectivity index (χ4v) is 3.79. The van der Waals surface area contributed by atoms with Gasteiger partial charge < -0.3 is 5.73 Å². The molecule has 0 radical (unpaired) electrons. The zero-order chi connectivity index (χ0) is 14.2. The SMILES string of the molecule is NC(Cc1ccnc2ccccc12)C1CN2CCN1CC2. The zero-order valence-electron chi connectivity index (χ0n) is 12.3. The van der Waals surface area contributed by atoms with Gasteiger partial charge in [0.2, 0.25) is 0 Å². The van der Waals surface area contributed by atoms with E-state index < -0.39 is 0 Å². The predicted molar refractivity (Wildman–Crippen MR) is 85.2 cm³/mol. The van der Waals surface area contributed by atoms with E-state index in [1.165, 1.54) is 37.1 Å². The van der Waals surface area contributed by atoms with Crippen molar-refractivity contribution in [3.8, 4) is 0 Å². The minimum atomic E-state index is 0.193. The van der Waals surface area contributed by atoms with Crippen LogP contribution in [0.15, 0.2) is 36.5 Å². The van der Waals surface area contributed by atoms with E-state index in [0.29, 0.717) is 6.04 Å². The molecule has 1 aromatic carbocycles. The Bertz CT molecular complexity index is 628. The highest BCUT2D eigenvalue weighted by molar-refractivity contribution is 5.81. The van der Waals surface area contributed by atoms with Crippen LogP contribution < -0.4 is 5.73 Å². The Morgan fingerprint density at radius 3 is 2.71 bits per heavy atom. The van der Waals surface area contributed by atoms with Crippen molar-refractivity contribution in [3.05, 3.63) is 42.1 Å². The molecule has 3 fully saturated rings. The summed E-state index contributed by atoms with van der Waals surface area (Å²) in [7, 11) is 0. The molecule has 0 spiro atoms. The maximum Gasteiger partial charge on any atom is 0.0704 e. The molecule has 0 saturated carbocycles. The Hall–Kier alpha value is -1.49. The summed E-state index contributed by atoms with van der Waals surface area (Å²) >= 11 is 0. The van der Waals surface area contributed by atoms with Gasteiger partial charge in [0.15, 0.2) is 0 Å². The molecule has 3 aliphatic heterocycles. The third kappa shape index (κ3) is 2.44. The van der Waals surface area contributed by atoms with Gasteiger partial charge in [-0.3, -0.25) is 14.8 Å². The molecule has 1 aromatic heterocycles. The van der Waals surface area contributed by atoms with Gasteiger partial charge in [-0.05, 0) is 24.1 Å². The van der Waals surface area contributed by atoms with Crippen LogP contribution in [0.4, 0.5) is 0 Å². The molecule has 0 amide bonds. The number of rotatable bonds is 3. The third-order valence-corrected chi connectivity index (χ3v) is 5.01. The van der Waals surface area contributed by atoms with E-state index in [4.69, 9.17) is 5.73 Å². The first kappa shape index (κ1) is 13.2. The number of pyridine rings is 1. The molecule has 2 aromatic rings. The highest BCUT2D eigenvalue weighted by atomic mass is 15.3. The minimum Gasteiger partial charge on any atom is -0.326 e. The molecule has 2 N–H and O–H groups in total. The molecule has 5 rings (SSSR count). The van der Waals surface area contributed by atoms with E-state index in [2.05, 4.69) is 39.0 Å². The van der Waals surface area contributed by atoms with Crippen molar-refractivity contribution in [2.45, 2.75) is 18.5 Å². The van der Waals surface area contributed by atoms with Crippen molar-refractivity contribution in [2.24, 2.45) is 5.73 Å². The van der Waals surface area contributed by atoms with Crippen LogP contribution in [0, 0.1) is 0 Å². The van der Waals surface area contributed by atoms with Crippen LogP contribution in [0.3, 0.4) is 0 Å². The average Bonchev–Trinajstić information content (AvgIpc) is 2.56. The first-order valence-electron chi connectivity index (χ1n) is 7.86. The number of fused-ring (bicyclic) bond motifs is 4. The van der Waals surface area contributed by atoms with E-state index in [-0.39, 0.29) is 6.04 Å². The van der Waals surface area contributed by atoms with Gasteiger partial charge >= 0.3 is 0 Å². The number of nitrogens with two attached hydrogens (primary N) is 1. The van der Waals surface area contributed by atoms with Crippen molar-refractivity contribution in [1.82, 2.24) is 14.8 Å². The average molecular weight is 282 g/mol. The molecular formula is C17H22N4. The number of piperazine rings is 3. The smallest absolute Gasteiger partial charge is 0.0704 e. The Balaban J connectivity index is 1.57. The molecule has 3 saturated heterocycles. The number of hydrogen-bond acceptors (Lipinski definition) is 4. The molecular weight excluding hydrogens is 260 g/mol. The number of nitrogens with zero attached hydrogens (tertiary/aromatic N) is 3. The molecule has 4 heterocycles. The van der Waals surface area contributed by atoms with Crippen molar-refractivity contribution in [3.63, 3.8) is 0 Å². The fourth-order valence-electron chi connectivity index (χ4n) is 3.79. The molecule has 21 heavy (non-hydrogen) atoms. The zero-order valence-corrected chi connectivity index (χ0v) is 12.3. The summed E-state index contributed by atoms with van der Waals surface area (Å²) in [4.78, 5) is 9.57. The summed E-state index contributed by atoms with van der Waals surface area (Å²) in [6.07, 6.45) is 2.83. The molecule has 2 unspecified atom stereocenters. The summed E-state index contributed by atoms with van der Waals surface area (Å²) in [6, 6.07) is 11.2. The van der Waals surface area contributed by atoms with E-state index >= 15 is 0 Å². The standard InChI is InChI=1S/C17H22N4/c18-15(17-12-20-7-9-21(17)10-8-20)11-13-5-6-19-16-4-2-1-3-14(13)16/h1-6,15,17H,7-12,18H2. The summed E-state index contributed by atoms with van der Waals surface area (Å²) < 4.78 is 0. The Kier molecular flexibility index (Phi) is 3.37. The molecule has 4 nitrogen and oxygen atoms in total. The van der Waals surface area contributed by atoms with Crippen molar-refractivity contribution in [1.29, 1.82) is 0 Å². The Labute approximate surface area is 125 Å². The molecule has 2 bridgehead atoms. The highest BCUT2D eigenvalue weighted by Gasteiger charge is 2.35. The maximum atomic E-state index is 6.57. The third-order valence-electron chi connectivity index (χ3n) is 5.01. The van der Waals surface area contributed by atoms with Gasteiger partial charge in [0, 0.05) is 56.4 Å². The first-order chi connectivity index (χ1) is 10.3. The summed E-state index contributed by atoms with van der Waals surface area (Å²) in [5.74, 6) is 0. The first-order valence-corrected chi connectivity index (χ1v) is 7.86. The lowest BCUT2D eigenvalue weighted by molar-refractivity contribution is 0.00262. The van der Waals surface area contributed by atoms with Crippen LogP contribution in [0.5, 0.6) is 0 Å². The van der Waals surface area contributed by atoms with Gasteiger partial charge in [0.25, 0.3) is 0 Å². The Morgan fingerprint density at radius 1 is 1.14 bits per heavy atom. The number of hydrogen-bond donors (Lipinski definition) is 1. The van der Waals surface area contributed by atoms with Crippen molar-refractivity contribution >= 4 is 10.9 Å². The fraction of sp³-hybridized carbons (Fsp3) is 0.471. The minimum absolute atomic E-state index is 0.193. The second-order valence-corrected chi connectivity index (χ2v) is 6.26. The molecule has 0 aliphatic carbocycles. The summed E-state index contributed by atoms with van der Waals surface area (Å²) in [5.41, 5.74) is 8.96. The molecule has 4 heteroatoms. The second kappa shape index (κ2) is 5.37. The van der Waals surface area contributed by atoms with Gasteiger partial charge in [-0.2, -0.15) is 0 Å². The monoisotopic (exact) mass is 282 g/mol. The Morgan fingerprint density at radius 2 is 1.95 bits per heavy atom. The lowest BCUT2D eigenvalue weighted by Gasteiger charge is -2.49. The van der Waals surface area contributed by atoms with Crippen LogP contribution in [-0.4, -0.2) is 59.6 Å². The van der Waals surface area contributed by atoms with Crippen LogP contribution in [0.1, 0.15) is 5.56 Å². The number of para-hydroxylation sites is 1. The normalized spacial score (nSPS) is 29.7. The van der Waals surface area contributed by atoms with E-state index in [0.717, 1.165) is 18.5 Å². The van der Waals surface area contributed by atoms with Crippen LogP contribution in [0.2, 0.25) is 0 Å². The van der Waals surface area contributed by atoms with E-state index in [1.54, 1.807) is 0 Å². The van der Waals surface area contributed by atoms with Crippen LogP contribution in [-0.2, 0) is 6.42 Å². The predicted octanol–water partition coefficient (Wildman–Crippen LogP) is 1.10. The highest BCUT2D eigenvalue weighted by Crippen LogP contribution is 2.22. The lowest BCUT2D eigenvalue weighted by Crippen LogP contribution is -2.66. The van der Waals surface area contributed by atoms with Gasteiger partial charge in [-0.15, -0.1) is 0 Å². The quantitative estimate of drug-likeness (QED) is 0.916.